The Labute approximate surface area is 144 Å². The Kier molecular flexibility index (Phi) is 3.90. The van der Waals surface area contributed by atoms with Crippen molar-refractivity contribution >= 4 is 11.8 Å². The summed E-state index contributed by atoms with van der Waals surface area (Å²) < 4.78 is 0. The van der Waals surface area contributed by atoms with Crippen LogP contribution in [0.4, 0.5) is 0 Å². The quantitative estimate of drug-likeness (QED) is 0.806. The van der Waals surface area contributed by atoms with Gasteiger partial charge in [0.2, 0.25) is 11.8 Å². The van der Waals surface area contributed by atoms with E-state index in [1.54, 1.807) is 0 Å². The Hall–Kier alpha value is -1.10. The molecule has 3 atom stereocenters. The first-order chi connectivity index (χ1) is 11.4. The number of hydrogen-bond acceptors (Lipinski definition) is 3. The monoisotopic (exact) mass is 334 g/mol. The third kappa shape index (κ3) is 2.96. The third-order valence-corrected chi connectivity index (χ3v) is 6.76. The Morgan fingerprint density at radius 1 is 1.29 bits per heavy atom. The summed E-state index contributed by atoms with van der Waals surface area (Å²) in [7, 11) is 0. The van der Waals surface area contributed by atoms with Crippen molar-refractivity contribution in [2.45, 2.75) is 76.4 Å². The summed E-state index contributed by atoms with van der Waals surface area (Å²) in [6.07, 6.45) is 8.05. The molecule has 4 saturated carbocycles. The summed E-state index contributed by atoms with van der Waals surface area (Å²) in [5.41, 5.74) is -0.500. The number of likely N-dealkylation sites (tertiary alicyclic amines) is 1. The molecule has 0 radical (unpaired) electrons. The van der Waals surface area contributed by atoms with Gasteiger partial charge in [0, 0.05) is 25.9 Å². The van der Waals surface area contributed by atoms with Gasteiger partial charge in [0.05, 0.1) is 11.6 Å². The van der Waals surface area contributed by atoms with E-state index in [9.17, 15) is 14.7 Å². The van der Waals surface area contributed by atoms with Crippen molar-refractivity contribution in [2.75, 3.05) is 13.1 Å². The van der Waals surface area contributed by atoms with Gasteiger partial charge in [-0.05, 0) is 62.2 Å². The summed E-state index contributed by atoms with van der Waals surface area (Å²) in [6.45, 7) is 3.50. The van der Waals surface area contributed by atoms with Crippen LogP contribution in [0.5, 0.6) is 0 Å². The Morgan fingerprint density at radius 3 is 2.62 bits per heavy atom. The zero-order valence-electron chi connectivity index (χ0n) is 14.7. The SMILES string of the molecule is CCCN1C[C@@H](NC(=O)CC23C[C@@H]4C[C@H](CC(O)(C4)C2)C3)CC1=O. The zero-order valence-corrected chi connectivity index (χ0v) is 14.7. The molecule has 2 N–H and O–H groups in total. The zero-order chi connectivity index (χ0) is 16.9. The van der Waals surface area contributed by atoms with E-state index < -0.39 is 5.60 Å². The van der Waals surface area contributed by atoms with E-state index in [2.05, 4.69) is 12.2 Å². The van der Waals surface area contributed by atoms with Gasteiger partial charge in [-0.15, -0.1) is 0 Å². The van der Waals surface area contributed by atoms with Crippen LogP contribution in [0.15, 0.2) is 0 Å². The van der Waals surface area contributed by atoms with Crippen LogP contribution in [0.3, 0.4) is 0 Å². The second-order valence-corrected chi connectivity index (χ2v) is 9.17. The van der Waals surface area contributed by atoms with Gasteiger partial charge in [0.15, 0.2) is 0 Å². The maximum Gasteiger partial charge on any atom is 0.224 e. The molecule has 4 aliphatic carbocycles. The summed E-state index contributed by atoms with van der Waals surface area (Å²) in [5.74, 6) is 1.46. The number of rotatable bonds is 5. The van der Waals surface area contributed by atoms with Crippen molar-refractivity contribution < 1.29 is 14.7 Å². The molecular formula is C19H30N2O3. The number of nitrogens with one attached hydrogen (secondary N) is 1. The average molecular weight is 334 g/mol. The van der Waals surface area contributed by atoms with Crippen LogP contribution < -0.4 is 5.32 Å². The van der Waals surface area contributed by atoms with Crippen LogP contribution in [0, 0.1) is 17.3 Å². The number of nitrogens with zero attached hydrogens (tertiary/aromatic N) is 1. The second kappa shape index (κ2) is 5.72. The molecule has 0 aromatic heterocycles. The van der Waals surface area contributed by atoms with Crippen molar-refractivity contribution in [3.8, 4) is 0 Å². The standard InChI is InChI=1S/C19H30N2O3/c1-2-3-21-11-15(5-17(21)23)20-16(22)10-18-6-13-4-14(7-18)9-19(24,8-13)12-18/h13-15,24H,2-12H2,1H3,(H,20,22)/t13-,14-,15-,18?,19?/m0/s1. The molecule has 24 heavy (non-hydrogen) atoms. The van der Waals surface area contributed by atoms with Crippen molar-refractivity contribution in [3.05, 3.63) is 0 Å². The number of aliphatic hydroxyl groups is 1. The largest absolute Gasteiger partial charge is 0.390 e. The lowest BCUT2D eigenvalue weighted by Crippen LogP contribution is -2.56. The van der Waals surface area contributed by atoms with Gasteiger partial charge in [0.25, 0.3) is 0 Å². The lowest BCUT2D eigenvalue weighted by Gasteiger charge is -2.60. The fourth-order valence-corrected chi connectivity index (χ4v) is 6.58. The molecule has 0 aromatic rings. The number of amides is 2. The van der Waals surface area contributed by atoms with Gasteiger partial charge in [-0.3, -0.25) is 9.59 Å². The molecule has 1 aliphatic heterocycles. The highest BCUT2D eigenvalue weighted by Gasteiger charge is 2.57. The van der Waals surface area contributed by atoms with Gasteiger partial charge >= 0.3 is 0 Å². The van der Waals surface area contributed by atoms with E-state index in [1.807, 2.05) is 4.90 Å². The highest BCUT2D eigenvalue weighted by Crippen LogP contribution is 2.62. The minimum atomic E-state index is -0.508. The van der Waals surface area contributed by atoms with E-state index in [-0.39, 0.29) is 23.3 Å². The topological polar surface area (TPSA) is 69.6 Å². The van der Waals surface area contributed by atoms with Crippen molar-refractivity contribution in [1.82, 2.24) is 10.2 Å². The van der Waals surface area contributed by atoms with E-state index in [0.717, 1.165) is 45.1 Å². The van der Waals surface area contributed by atoms with E-state index in [0.29, 0.717) is 31.2 Å². The average Bonchev–Trinajstić information content (AvgIpc) is 2.75. The van der Waals surface area contributed by atoms with Crippen LogP contribution in [0.1, 0.15) is 64.7 Å². The maximum atomic E-state index is 12.6. The first-order valence-electron chi connectivity index (χ1n) is 9.68. The van der Waals surface area contributed by atoms with Crippen molar-refractivity contribution in [1.29, 1.82) is 0 Å². The molecule has 0 unspecified atom stereocenters. The van der Waals surface area contributed by atoms with Crippen LogP contribution in [0.2, 0.25) is 0 Å². The maximum absolute atomic E-state index is 12.6. The molecule has 0 aromatic carbocycles. The minimum Gasteiger partial charge on any atom is -0.390 e. The molecular weight excluding hydrogens is 304 g/mol. The molecule has 5 heteroatoms. The first-order valence-corrected chi connectivity index (χ1v) is 9.68. The highest BCUT2D eigenvalue weighted by atomic mass is 16.3. The van der Waals surface area contributed by atoms with Crippen molar-refractivity contribution in [2.24, 2.45) is 17.3 Å². The summed E-state index contributed by atoms with van der Waals surface area (Å²) >= 11 is 0. The molecule has 5 fully saturated rings. The summed E-state index contributed by atoms with van der Waals surface area (Å²) in [6, 6.07) is -0.0338. The van der Waals surface area contributed by atoms with E-state index in [1.165, 1.54) is 6.42 Å². The number of carbonyl (C=O) groups is 2. The van der Waals surface area contributed by atoms with Crippen LogP contribution in [-0.4, -0.2) is 46.6 Å². The molecule has 5 aliphatic rings. The van der Waals surface area contributed by atoms with E-state index in [4.69, 9.17) is 0 Å². The molecule has 1 heterocycles. The molecule has 4 bridgehead atoms. The van der Waals surface area contributed by atoms with E-state index >= 15 is 0 Å². The normalized spacial score (nSPS) is 43.5. The number of carbonyl (C=O) groups excluding carboxylic acids is 2. The molecule has 5 nitrogen and oxygen atoms in total. The molecule has 5 rings (SSSR count). The molecule has 1 saturated heterocycles. The Morgan fingerprint density at radius 2 is 2.00 bits per heavy atom. The van der Waals surface area contributed by atoms with Gasteiger partial charge in [-0.1, -0.05) is 6.92 Å². The van der Waals surface area contributed by atoms with Crippen LogP contribution in [0.25, 0.3) is 0 Å². The highest BCUT2D eigenvalue weighted by molar-refractivity contribution is 5.82. The first kappa shape index (κ1) is 16.4. The Balaban J connectivity index is 1.36. The molecule has 134 valence electrons. The smallest absolute Gasteiger partial charge is 0.224 e. The summed E-state index contributed by atoms with van der Waals surface area (Å²) in [4.78, 5) is 26.4. The fraction of sp³-hybridized carbons (Fsp3) is 0.895. The molecule has 0 spiro atoms. The second-order valence-electron chi connectivity index (χ2n) is 9.17. The predicted molar refractivity (Wildman–Crippen MR) is 90.1 cm³/mol. The van der Waals surface area contributed by atoms with Gasteiger partial charge < -0.3 is 15.3 Å². The fourth-order valence-electron chi connectivity index (χ4n) is 6.58. The van der Waals surface area contributed by atoms with Gasteiger partial charge in [-0.25, -0.2) is 0 Å². The van der Waals surface area contributed by atoms with Crippen molar-refractivity contribution in [3.63, 3.8) is 0 Å². The summed E-state index contributed by atoms with van der Waals surface area (Å²) in [5, 5.41) is 13.9. The molecule has 2 amide bonds. The lowest BCUT2D eigenvalue weighted by molar-refractivity contribution is -0.169. The van der Waals surface area contributed by atoms with Gasteiger partial charge in [0.1, 0.15) is 0 Å². The third-order valence-electron chi connectivity index (χ3n) is 6.76. The van der Waals surface area contributed by atoms with Crippen LogP contribution in [-0.2, 0) is 9.59 Å². The predicted octanol–water partition coefficient (Wildman–Crippen LogP) is 1.83. The number of hydrogen-bond donors (Lipinski definition) is 2. The van der Waals surface area contributed by atoms with Crippen LogP contribution >= 0.6 is 0 Å². The van der Waals surface area contributed by atoms with Gasteiger partial charge in [-0.2, -0.15) is 0 Å². The Bertz CT molecular complexity index is 533. The lowest BCUT2D eigenvalue weighted by atomic mass is 9.47. The minimum absolute atomic E-state index is 0.00857.